The van der Waals surface area contributed by atoms with Crippen molar-refractivity contribution in [2.45, 2.75) is 38.2 Å². The number of methoxy groups -OCH3 is 1. The summed E-state index contributed by atoms with van der Waals surface area (Å²) in [5, 5.41) is 9.89. The quantitative estimate of drug-likeness (QED) is 0.661. The van der Waals surface area contributed by atoms with Crippen LogP contribution in [-0.4, -0.2) is 24.4 Å². The van der Waals surface area contributed by atoms with E-state index in [0.29, 0.717) is 12.5 Å². The van der Waals surface area contributed by atoms with Crippen molar-refractivity contribution in [1.82, 2.24) is 0 Å². The predicted octanol–water partition coefficient (Wildman–Crippen LogP) is 1.57. The van der Waals surface area contributed by atoms with Gasteiger partial charge in [-0.3, -0.25) is 0 Å². The summed E-state index contributed by atoms with van der Waals surface area (Å²) in [6, 6.07) is 0. The Morgan fingerprint density at radius 1 is 1.55 bits per heavy atom. The van der Waals surface area contributed by atoms with Crippen LogP contribution in [-0.2, 0) is 4.74 Å². The lowest BCUT2D eigenvalue weighted by Crippen LogP contribution is -2.39. The first-order valence-electron chi connectivity index (χ1n) is 4.38. The smallest absolute Gasteiger partial charge is 0.0669 e. The molecule has 2 nitrogen and oxygen atoms in total. The molecule has 66 valence electrons. The van der Waals surface area contributed by atoms with E-state index in [4.69, 9.17) is 4.74 Å². The van der Waals surface area contributed by atoms with Crippen LogP contribution in [0, 0.1) is 5.92 Å². The van der Waals surface area contributed by atoms with Crippen LogP contribution in [0.3, 0.4) is 0 Å². The minimum absolute atomic E-state index is 0.348. The van der Waals surface area contributed by atoms with Crippen molar-refractivity contribution < 1.29 is 9.84 Å². The number of hydrogen-bond donors (Lipinski definition) is 1. The van der Waals surface area contributed by atoms with Crippen LogP contribution in [0.1, 0.15) is 32.6 Å². The van der Waals surface area contributed by atoms with E-state index in [1.54, 1.807) is 7.11 Å². The minimum atomic E-state index is -0.478. The Balaban J connectivity index is 2.45. The van der Waals surface area contributed by atoms with E-state index in [1.165, 1.54) is 6.42 Å². The van der Waals surface area contributed by atoms with Gasteiger partial charge in [0.2, 0.25) is 0 Å². The lowest BCUT2D eigenvalue weighted by atomic mass is 9.77. The molecule has 0 amide bonds. The van der Waals surface area contributed by atoms with Crippen LogP contribution >= 0.6 is 0 Å². The molecule has 0 aromatic carbocycles. The topological polar surface area (TPSA) is 29.5 Å². The van der Waals surface area contributed by atoms with Gasteiger partial charge in [0, 0.05) is 13.0 Å². The number of hydrogen-bond acceptors (Lipinski definition) is 2. The van der Waals surface area contributed by atoms with Gasteiger partial charge >= 0.3 is 0 Å². The highest BCUT2D eigenvalue weighted by atomic mass is 16.5. The predicted molar refractivity (Wildman–Crippen MR) is 44.5 cm³/mol. The van der Waals surface area contributed by atoms with Gasteiger partial charge in [-0.15, -0.1) is 0 Å². The fourth-order valence-electron chi connectivity index (χ4n) is 1.85. The Kier molecular flexibility index (Phi) is 2.90. The van der Waals surface area contributed by atoms with E-state index < -0.39 is 5.60 Å². The number of ether oxygens (including phenoxy) is 1. The zero-order chi connectivity index (χ0) is 8.32. The third-order valence-electron chi connectivity index (χ3n) is 2.73. The summed E-state index contributed by atoms with van der Waals surface area (Å²) < 4.78 is 5.06. The largest absolute Gasteiger partial charge is 0.390 e. The molecular weight excluding hydrogens is 140 g/mol. The Morgan fingerprint density at radius 2 is 2.27 bits per heavy atom. The van der Waals surface area contributed by atoms with Crippen LogP contribution in [0.25, 0.3) is 0 Å². The molecule has 0 aromatic rings. The second-order valence-electron chi connectivity index (χ2n) is 3.76. The third kappa shape index (κ3) is 2.17. The van der Waals surface area contributed by atoms with Gasteiger partial charge in [-0.2, -0.15) is 0 Å². The highest BCUT2D eigenvalue weighted by Crippen LogP contribution is 2.33. The first-order valence-corrected chi connectivity index (χ1v) is 4.38. The molecule has 0 spiro atoms. The van der Waals surface area contributed by atoms with Crippen molar-refractivity contribution >= 4 is 0 Å². The fraction of sp³-hybridized carbons (Fsp3) is 1.00. The fourth-order valence-corrected chi connectivity index (χ4v) is 1.85. The molecular formula is C9H18O2. The summed E-state index contributed by atoms with van der Waals surface area (Å²) in [5.41, 5.74) is -0.478. The van der Waals surface area contributed by atoms with Crippen molar-refractivity contribution in [2.75, 3.05) is 13.7 Å². The molecule has 0 saturated heterocycles. The molecule has 1 rings (SSSR count). The summed E-state index contributed by atoms with van der Waals surface area (Å²) in [6.07, 6.45) is 4.44. The molecule has 1 fully saturated rings. The molecule has 1 aliphatic rings. The Morgan fingerprint density at radius 3 is 2.82 bits per heavy atom. The molecule has 1 N–H and O–H groups in total. The average molecular weight is 158 g/mol. The van der Waals surface area contributed by atoms with Crippen molar-refractivity contribution in [3.63, 3.8) is 0 Å². The second kappa shape index (κ2) is 3.55. The third-order valence-corrected chi connectivity index (χ3v) is 2.73. The zero-order valence-corrected chi connectivity index (χ0v) is 7.47. The number of aliphatic hydroxyl groups is 1. The monoisotopic (exact) mass is 158 g/mol. The van der Waals surface area contributed by atoms with Gasteiger partial charge < -0.3 is 9.84 Å². The van der Waals surface area contributed by atoms with Gasteiger partial charge in [-0.05, 0) is 19.8 Å². The summed E-state index contributed by atoms with van der Waals surface area (Å²) >= 11 is 0. The highest BCUT2D eigenvalue weighted by Gasteiger charge is 2.33. The van der Waals surface area contributed by atoms with Gasteiger partial charge in [0.15, 0.2) is 0 Å². The molecule has 0 heterocycles. The highest BCUT2D eigenvalue weighted by molar-refractivity contribution is 4.85. The van der Waals surface area contributed by atoms with Gasteiger partial charge in [0.05, 0.1) is 12.2 Å². The lowest BCUT2D eigenvalue weighted by molar-refractivity contribution is -0.0591. The maximum atomic E-state index is 9.89. The van der Waals surface area contributed by atoms with Crippen LogP contribution in [0.5, 0.6) is 0 Å². The summed E-state index contributed by atoms with van der Waals surface area (Å²) in [5.74, 6) is 0.348. The number of rotatable bonds is 2. The summed E-state index contributed by atoms with van der Waals surface area (Å²) in [7, 11) is 1.70. The molecule has 11 heavy (non-hydrogen) atoms. The van der Waals surface area contributed by atoms with E-state index in [-0.39, 0.29) is 0 Å². The van der Waals surface area contributed by atoms with Gasteiger partial charge in [-0.25, -0.2) is 0 Å². The first kappa shape index (κ1) is 9.01. The van der Waals surface area contributed by atoms with E-state index in [2.05, 4.69) is 0 Å². The van der Waals surface area contributed by atoms with Crippen molar-refractivity contribution in [2.24, 2.45) is 5.92 Å². The zero-order valence-electron chi connectivity index (χ0n) is 7.47. The van der Waals surface area contributed by atoms with Crippen LogP contribution in [0.15, 0.2) is 0 Å². The molecule has 1 aliphatic carbocycles. The van der Waals surface area contributed by atoms with Crippen LogP contribution in [0.4, 0.5) is 0 Å². The normalized spacial score (nSPS) is 39.0. The summed E-state index contributed by atoms with van der Waals surface area (Å²) in [6.45, 7) is 2.63. The van der Waals surface area contributed by atoms with E-state index >= 15 is 0 Å². The lowest BCUT2D eigenvalue weighted by Gasteiger charge is -2.36. The van der Waals surface area contributed by atoms with Crippen LogP contribution < -0.4 is 0 Å². The molecule has 0 bridgehead atoms. The van der Waals surface area contributed by atoms with Crippen molar-refractivity contribution in [3.05, 3.63) is 0 Å². The maximum absolute atomic E-state index is 9.89. The van der Waals surface area contributed by atoms with Gasteiger partial charge in [-0.1, -0.05) is 12.8 Å². The van der Waals surface area contributed by atoms with Gasteiger partial charge in [0.25, 0.3) is 0 Å². The van der Waals surface area contributed by atoms with Crippen molar-refractivity contribution in [3.8, 4) is 0 Å². The van der Waals surface area contributed by atoms with E-state index in [1.807, 2.05) is 6.92 Å². The standard InChI is InChI=1S/C9H18O2/c1-9(10)6-4-3-5-8(9)7-11-2/h8,10H,3-7H2,1-2H3. The van der Waals surface area contributed by atoms with Crippen LogP contribution in [0.2, 0.25) is 0 Å². The van der Waals surface area contributed by atoms with Gasteiger partial charge in [0.1, 0.15) is 0 Å². The van der Waals surface area contributed by atoms with Crippen molar-refractivity contribution in [1.29, 1.82) is 0 Å². The SMILES string of the molecule is COCC1CCCCC1(C)O. The molecule has 0 aliphatic heterocycles. The molecule has 0 radical (unpaired) electrons. The Labute approximate surface area is 68.6 Å². The second-order valence-corrected chi connectivity index (χ2v) is 3.76. The average Bonchev–Trinajstić information content (AvgIpc) is 1.94. The summed E-state index contributed by atoms with van der Waals surface area (Å²) in [4.78, 5) is 0. The van der Waals surface area contributed by atoms with E-state index in [9.17, 15) is 5.11 Å². The molecule has 1 saturated carbocycles. The maximum Gasteiger partial charge on any atom is 0.0669 e. The molecule has 2 atom stereocenters. The molecule has 2 unspecified atom stereocenters. The Hall–Kier alpha value is -0.0800. The molecule has 0 aromatic heterocycles. The first-order chi connectivity index (χ1) is 5.17. The Bertz CT molecular complexity index is 119. The molecule has 2 heteroatoms. The van der Waals surface area contributed by atoms with E-state index in [0.717, 1.165) is 19.3 Å². The minimum Gasteiger partial charge on any atom is -0.390 e.